The van der Waals surface area contributed by atoms with Gasteiger partial charge in [0.15, 0.2) is 0 Å². The summed E-state index contributed by atoms with van der Waals surface area (Å²) in [5.74, 6) is -2.75. The van der Waals surface area contributed by atoms with E-state index < -0.39 is 23.3 Å². The molecule has 0 saturated heterocycles. The van der Waals surface area contributed by atoms with Gasteiger partial charge in [0, 0.05) is 6.07 Å². The Morgan fingerprint density at radius 1 is 1.53 bits per heavy atom. The Kier molecular flexibility index (Phi) is 3.62. The van der Waals surface area contributed by atoms with Crippen LogP contribution < -0.4 is 5.73 Å². The van der Waals surface area contributed by atoms with E-state index in [1.807, 2.05) is 0 Å². The van der Waals surface area contributed by atoms with E-state index in [4.69, 9.17) is 5.73 Å². The fourth-order valence-corrected chi connectivity index (χ4v) is 1.50. The van der Waals surface area contributed by atoms with E-state index >= 15 is 0 Å². The first-order valence-electron chi connectivity index (χ1n) is 4.09. The Labute approximate surface area is 93.3 Å². The minimum Gasteiger partial charge on any atom is -0.462 e. The molecule has 0 radical (unpaired) electrons. The van der Waals surface area contributed by atoms with Gasteiger partial charge in [0.25, 0.3) is 0 Å². The summed E-state index contributed by atoms with van der Waals surface area (Å²) in [4.78, 5) is 11.3. The van der Waals surface area contributed by atoms with Crippen LogP contribution in [0.1, 0.15) is 17.3 Å². The lowest BCUT2D eigenvalue weighted by atomic mass is 10.1. The van der Waals surface area contributed by atoms with Crippen molar-refractivity contribution in [2.75, 3.05) is 12.3 Å². The molecular formula is C9H8BrF2NO2. The zero-order valence-electron chi connectivity index (χ0n) is 7.81. The fourth-order valence-electron chi connectivity index (χ4n) is 1.01. The number of nitrogen functional groups attached to an aromatic ring is 1. The van der Waals surface area contributed by atoms with E-state index in [1.54, 1.807) is 6.92 Å². The molecule has 0 aliphatic rings. The standard InChI is InChI=1S/C9H8BrF2NO2/c1-2-15-9(14)6-7(10)4(11)3-5(12)8(6)13/h3H,2,13H2,1H3. The second kappa shape index (κ2) is 4.57. The maximum Gasteiger partial charge on any atom is 0.341 e. The molecule has 15 heavy (non-hydrogen) atoms. The maximum absolute atomic E-state index is 13.1. The van der Waals surface area contributed by atoms with Gasteiger partial charge >= 0.3 is 5.97 Å². The average Bonchev–Trinajstić information content (AvgIpc) is 2.16. The van der Waals surface area contributed by atoms with Crippen molar-refractivity contribution < 1.29 is 18.3 Å². The lowest BCUT2D eigenvalue weighted by Crippen LogP contribution is -2.11. The first-order chi connectivity index (χ1) is 6.99. The van der Waals surface area contributed by atoms with Gasteiger partial charge in [-0.15, -0.1) is 0 Å². The Hall–Kier alpha value is -1.17. The number of benzene rings is 1. The average molecular weight is 280 g/mol. The highest BCUT2D eigenvalue weighted by Crippen LogP contribution is 2.29. The van der Waals surface area contributed by atoms with Crippen LogP contribution in [0.5, 0.6) is 0 Å². The van der Waals surface area contributed by atoms with E-state index in [9.17, 15) is 13.6 Å². The van der Waals surface area contributed by atoms with Gasteiger partial charge in [-0.3, -0.25) is 0 Å². The number of rotatable bonds is 2. The highest BCUT2D eigenvalue weighted by atomic mass is 79.9. The molecule has 0 aliphatic carbocycles. The molecular weight excluding hydrogens is 272 g/mol. The lowest BCUT2D eigenvalue weighted by Gasteiger charge is -2.08. The molecule has 0 fully saturated rings. The summed E-state index contributed by atoms with van der Waals surface area (Å²) in [6.45, 7) is 1.68. The van der Waals surface area contributed by atoms with Gasteiger partial charge < -0.3 is 10.5 Å². The van der Waals surface area contributed by atoms with Gasteiger partial charge in [-0.1, -0.05) is 0 Å². The second-order valence-corrected chi connectivity index (χ2v) is 3.46. The van der Waals surface area contributed by atoms with Crippen molar-refractivity contribution >= 4 is 27.6 Å². The van der Waals surface area contributed by atoms with Gasteiger partial charge in [0.2, 0.25) is 0 Å². The molecule has 0 spiro atoms. The van der Waals surface area contributed by atoms with Crippen molar-refractivity contribution in [2.24, 2.45) is 0 Å². The van der Waals surface area contributed by atoms with Crippen LogP contribution in [0.25, 0.3) is 0 Å². The number of halogens is 3. The van der Waals surface area contributed by atoms with Crippen LogP contribution in [0, 0.1) is 11.6 Å². The van der Waals surface area contributed by atoms with Gasteiger partial charge in [-0.25, -0.2) is 13.6 Å². The SMILES string of the molecule is CCOC(=O)c1c(N)c(F)cc(F)c1Br. The molecule has 1 aromatic carbocycles. The van der Waals surface area contributed by atoms with Crippen molar-refractivity contribution in [3.63, 3.8) is 0 Å². The fraction of sp³-hybridized carbons (Fsp3) is 0.222. The van der Waals surface area contributed by atoms with E-state index in [0.29, 0.717) is 6.07 Å². The van der Waals surface area contributed by atoms with Crippen LogP contribution in [0.15, 0.2) is 10.5 Å². The molecule has 1 aromatic rings. The number of esters is 1. The van der Waals surface area contributed by atoms with Crippen molar-refractivity contribution in [1.29, 1.82) is 0 Å². The zero-order chi connectivity index (χ0) is 11.6. The summed E-state index contributed by atoms with van der Waals surface area (Å²) in [6.07, 6.45) is 0. The number of anilines is 1. The van der Waals surface area contributed by atoms with Crippen LogP contribution in [0.3, 0.4) is 0 Å². The summed E-state index contributed by atoms with van der Waals surface area (Å²) in [5.41, 5.74) is 4.56. The minimum absolute atomic E-state index is 0.100. The Bertz CT molecular complexity index is 383. The third-order valence-electron chi connectivity index (χ3n) is 1.69. The van der Waals surface area contributed by atoms with E-state index in [1.165, 1.54) is 0 Å². The largest absolute Gasteiger partial charge is 0.462 e. The molecule has 0 atom stereocenters. The van der Waals surface area contributed by atoms with Crippen LogP contribution in [0.2, 0.25) is 0 Å². The Balaban J connectivity index is 3.32. The number of nitrogens with two attached hydrogens (primary N) is 1. The molecule has 0 amide bonds. The molecule has 0 saturated carbocycles. The van der Waals surface area contributed by atoms with E-state index in [-0.39, 0.29) is 16.6 Å². The Morgan fingerprint density at radius 3 is 2.67 bits per heavy atom. The first-order valence-corrected chi connectivity index (χ1v) is 4.88. The van der Waals surface area contributed by atoms with E-state index in [2.05, 4.69) is 20.7 Å². The summed E-state index contributed by atoms with van der Waals surface area (Å²) in [7, 11) is 0. The zero-order valence-corrected chi connectivity index (χ0v) is 9.40. The summed E-state index contributed by atoms with van der Waals surface area (Å²) >= 11 is 2.81. The molecule has 3 nitrogen and oxygen atoms in total. The lowest BCUT2D eigenvalue weighted by molar-refractivity contribution is 0.0525. The number of hydrogen-bond acceptors (Lipinski definition) is 3. The molecule has 1 rings (SSSR count). The number of carbonyl (C=O) groups excluding carboxylic acids is 1. The highest BCUT2D eigenvalue weighted by molar-refractivity contribution is 9.10. The second-order valence-electron chi connectivity index (χ2n) is 2.66. The maximum atomic E-state index is 13.1. The number of carbonyl (C=O) groups is 1. The molecule has 0 aliphatic heterocycles. The predicted octanol–water partition coefficient (Wildman–Crippen LogP) is 2.49. The van der Waals surface area contributed by atoms with Crippen LogP contribution in [-0.2, 0) is 4.74 Å². The van der Waals surface area contributed by atoms with Gasteiger partial charge in [-0.05, 0) is 22.9 Å². The topological polar surface area (TPSA) is 52.3 Å². The van der Waals surface area contributed by atoms with Gasteiger partial charge in [0.1, 0.15) is 17.2 Å². The van der Waals surface area contributed by atoms with Crippen molar-refractivity contribution in [2.45, 2.75) is 6.92 Å². The third-order valence-corrected chi connectivity index (χ3v) is 2.46. The summed E-state index contributed by atoms with van der Waals surface area (Å²) in [5, 5.41) is 0. The molecule has 0 bridgehead atoms. The number of ether oxygens (including phenoxy) is 1. The van der Waals surface area contributed by atoms with Gasteiger partial charge in [0.05, 0.1) is 16.8 Å². The van der Waals surface area contributed by atoms with Crippen molar-refractivity contribution in [3.8, 4) is 0 Å². The smallest absolute Gasteiger partial charge is 0.341 e. The monoisotopic (exact) mass is 279 g/mol. The Morgan fingerprint density at radius 2 is 2.13 bits per heavy atom. The molecule has 0 aromatic heterocycles. The molecule has 0 heterocycles. The number of hydrogen-bond donors (Lipinski definition) is 1. The third kappa shape index (κ3) is 2.26. The van der Waals surface area contributed by atoms with E-state index in [0.717, 1.165) is 0 Å². The summed E-state index contributed by atoms with van der Waals surface area (Å²) in [6, 6.07) is 0.599. The normalized spacial score (nSPS) is 10.1. The van der Waals surface area contributed by atoms with Crippen LogP contribution >= 0.6 is 15.9 Å². The van der Waals surface area contributed by atoms with Crippen molar-refractivity contribution in [3.05, 3.63) is 27.7 Å². The minimum atomic E-state index is -0.987. The summed E-state index contributed by atoms with van der Waals surface area (Å²) < 4.78 is 30.5. The van der Waals surface area contributed by atoms with Crippen molar-refractivity contribution in [1.82, 2.24) is 0 Å². The molecule has 6 heteroatoms. The van der Waals surface area contributed by atoms with Crippen LogP contribution in [0.4, 0.5) is 14.5 Å². The molecule has 2 N–H and O–H groups in total. The quantitative estimate of drug-likeness (QED) is 0.514. The highest BCUT2D eigenvalue weighted by Gasteiger charge is 2.21. The molecule has 82 valence electrons. The predicted molar refractivity (Wildman–Crippen MR) is 54.4 cm³/mol. The van der Waals surface area contributed by atoms with Crippen LogP contribution in [-0.4, -0.2) is 12.6 Å². The first kappa shape index (κ1) is 11.9. The molecule has 0 unspecified atom stereocenters. The van der Waals surface area contributed by atoms with Gasteiger partial charge in [-0.2, -0.15) is 0 Å².